The zero-order valence-electron chi connectivity index (χ0n) is 25.3. The van der Waals surface area contributed by atoms with Gasteiger partial charge in [-0.1, -0.05) is 31.7 Å². The Morgan fingerprint density at radius 1 is 0.932 bits per heavy atom. The Bertz CT molecular complexity index is 1420. The maximum absolute atomic E-state index is 13.2. The molecule has 2 saturated heterocycles. The lowest BCUT2D eigenvalue weighted by molar-refractivity contribution is -0.136. The molecule has 11 heteroatoms. The Balaban J connectivity index is 0.915. The van der Waals surface area contributed by atoms with Gasteiger partial charge in [-0.05, 0) is 68.6 Å². The van der Waals surface area contributed by atoms with Crippen LogP contribution in [0.3, 0.4) is 0 Å². The van der Waals surface area contributed by atoms with E-state index >= 15 is 0 Å². The monoisotopic (exact) mass is 602 g/mol. The largest absolute Gasteiger partial charge is 0.384 e. The van der Waals surface area contributed by atoms with Gasteiger partial charge in [-0.15, -0.1) is 0 Å². The maximum atomic E-state index is 13.2. The molecule has 3 fully saturated rings. The molecule has 1 saturated carbocycles. The van der Waals surface area contributed by atoms with E-state index in [1.807, 2.05) is 4.90 Å². The molecule has 6 rings (SSSR count). The third-order valence-electron chi connectivity index (χ3n) is 9.74. The van der Waals surface area contributed by atoms with Crippen molar-refractivity contribution in [2.24, 2.45) is 0 Å². The smallest absolute Gasteiger partial charge is 0.264 e. The Labute approximate surface area is 257 Å². The number of carbonyl (C=O) groups excluding carboxylic acids is 5. The van der Waals surface area contributed by atoms with Crippen molar-refractivity contribution in [3.63, 3.8) is 0 Å². The highest BCUT2D eigenvalue weighted by atomic mass is 16.2. The minimum atomic E-state index is -0.985. The number of rotatable bonds is 10. The molecular weight excluding hydrogens is 560 g/mol. The zero-order valence-corrected chi connectivity index (χ0v) is 25.3. The average molecular weight is 603 g/mol. The van der Waals surface area contributed by atoms with Gasteiger partial charge in [-0.3, -0.25) is 38.9 Å². The second-order valence-corrected chi connectivity index (χ2v) is 12.6. The van der Waals surface area contributed by atoms with Crippen LogP contribution in [-0.4, -0.2) is 74.8 Å². The molecule has 4 aliphatic rings. The molecule has 1 atom stereocenters. The van der Waals surface area contributed by atoms with Crippen molar-refractivity contribution < 1.29 is 24.0 Å². The van der Waals surface area contributed by atoms with Crippen molar-refractivity contribution in [1.82, 2.24) is 24.9 Å². The van der Waals surface area contributed by atoms with Crippen LogP contribution in [-0.2, 0) is 14.4 Å². The van der Waals surface area contributed by atoms with E-state index < -0.39 is 29.7 Å². The molecule has 11 nitrogen and oxygen atoms in total. The summed E-state index contributed by atoms with van der Waals surface area (Å²) in [7, 11) is 0. The molecular formula is C33H42N6O5. The normalized spacial score (nSPS) is 21.5. The summed E-state index contributed by atoms with van der Waals surface area (Å²) in [5.41, 5.74) is 2.46. The predicted molar refractivity (Wildman–Crippen MR) is 163 cm³/mol. The number of anilines is 1. The number of aromatic nitrogens is 2. The van der Waals surface area contributed by atoms with Gasteiger partial charge in [0.15, 0.2) is 0 Å². The number of nitrogens with one attached hydrogen (secondary N) is 2. The van der Waals surface area contributed by atoms with Gasteiger partial charge in [0.25, 0.3) is 11.8 Å². The van der Waals surface area contributed by atoms with Crippen LogP contribution >= 0.6 is 0 Å². The van der Waals surface area contributed by atoms with Crippen molar-refractivity contribution in [1.29, 1.82) is 0 Å². The highest BCUT2D eigenvalue weighted by Crippen LogP contribution is 2.34. The summed E-state index contributed by atoms with van der Waals surface area (Å²) in [6.07, 6.45) is 15.9. The summed E-state index contributed by atoms with van der Waals surface area (Å²) in [5.74, 6) is -1.19. The maximum Gasteiger partial charge on any atom is 0.264 e. The standard InChI is InChI=1S/C33H42N6O5/c40-28-14-13-27(31(42)36-28)39-32(43)25-10-7-11-26(30(25)33(39)44)34-17-6-2-5-12-29(41)37-18-15-24(16-19-37)38-21-23(20-35-38)22-8-3-1-4-9-22/h7,10-11,20-22,24,27,34H,1-6,8-9,12-19H2,(H,36,40,42). The highest BCUT2D eigenvalue weighted by molar-refractivity contribution is 6.25. The van der Waals surface area contributed by atoms with Crippen LogP contribution in [0.1, 0.15) is 122 Å². The summed E-state index contributed by atoms with van der Waals surface area (Å²) < 4.78 is 2.14. The van der Waals surface area contributed by atoms with Crippen LogP contribution in [0.5, 0.6) is 0 Å². The molecule has 3 aliphatic heterocycles. The molecule has 0 bridgehead atoms. The number of unbranched alkanes of at least 4 members (excludes halogenated alkanes) is 2. The number of hydrogen-bond acceptors (Lipinski definition) is 7. The summed E-state index contributed by atoms with van der Waals surface area (Å²) >= 11 is 0. The van der Waals surface area contributed by atoms with Crippen molar-refractivity contribution in [2.75, 3.05) is 25.0 Å². The van der Waals surface area contributed by atoms with Crippen LogP contribution in [0.15, 0.2) is 30.6 Å². The number of imide groups is 2. The van der Waals surface area contributed by atoms with Crippen molar-refractivity contribution in [2.45, 2.75) is 101 Å². The molecule has 1 aromatic carbocycles. The SMILES string of the molecule is O=C1CCC(N2C(=O)c3cccc(NCCCCCC(=O)N4CCC(n5cc(C6CCCCC6)cn5)CC4)c3C2=O)C(=O)N1. The van der Waals surface area contributed by atoms with Gasteiger partial charge >= 0.3 is 0 Å². The van der Waals surface area contributed by atoms with Gasteiger partial charge in [0.2, 0.25) is 17.7 Å². The summed E-state index contributed by atoms with van der Waals surface area (Å²) in [6, 6.07) is 4.43. The van der Waals surface area contributed by atoms with Gasteiger partial charge in [0, 0.05) is 44.4 Å². The van der Waals surface area contributed by atoms with Crippen molar-refractivity contribution >= 4 is 35.2 Å². The molecule has 5 amide bonds. The molecule has 0 spiro atoms. The third kappa shape index (κ3) is 6.27. The van der Waals surface area contributed by atoms with Crippen LogP contribution < -0.4 is 10.6 Å². The van der Waals surface area contributed by atoms with E-state index in [0.717, 1.165) is 50.1 Å². The van der Waals surface area contributed by atoms with Gasteiger partial charge in [-0.25, -0.2) is 0 Å². The van der Waals surface area contributed by atoms with Gasteiger partial charge in [-0.2, -0.15) is 5.10 Å². The topological polar surface area (TPSA) is 134 Å². The van der Waals surface area contributed by atoms with Gasteiger partial charge < -0.3 is 10.2 Å². The van der Waals surface area contributed by atoms with Crippen LogP contribution in [0.4, 0.5) is 5.69 Å². The zero-order chi connectivity index (χ0) is 30.6. The van der Waals surface area contributed by atoms with Crippen molar-refractivity contribution in [3.8, 4) is 0 Å². The Kier molecular flexibility index (Phi) is 9.09. The number of benzene rings is 1. The number of fused-ring (bicyclic) bond motifs is 1. The number of likely N-dealkylation sites (tertiary alicyclic amines) is 1. The predicted octanol–water partition coefficient (Wildman–Crippen LogP) is 4.17. The first-order valence-corrected chi connectivity index (χ1v) is 16.3. The molecule has 44 heavy (non-hydrogen) atoms. The highest BCUT2D eigenvalue weighted by Gasteiger charge is 2.45. The molecule has 2 N–H and O–H groups in total. The van der Waals surface area contributed by atoms with Crippen molar-refractivity contribution in [3.05, 3.63) is 47.3 Å². The lowest BCUT2D eigenvalue weighted by Gasteiger charge is -2.32. The fourth-order valence-electron chi connectivity index (χ4n) is 7.20. The van der Waals surface area contributed by atoms with Crippen LogP contribution in [0.25, 0.3) is 0 Å². The number of piperidine rings is 2. The second-order valence-electron chi connectivity index (χ2n) is 12.6. The molecule has 0 radical (unpaired) electrons. The number of hydrogen-bond donors (Lipinski definition) is 2. The van der Waals surface area contributed by atoms with E-state index in [0.29, 0.717) is 30.6 Å². The lowest BCUT2D eigenvalue weighted by atomic mass is 9.85. The van der Waals surface area contributed by atoms with Gasteiger partial charge in [0.1, 0.15) is 6.04 Å². The molecule has 1 aliphatic carbocycles. The van der Waals surface area contributed by atoms with Gasteiger partial charge in [0.05, 0.1) is 23.4 Å². The fourth-order valence-corrected chi connectivity index (χ4v) is 7.20. The number of nitrogens with zero attached hydrogens (tertiary/aromatic N) is 4. The molecule has 1 aromatic heterocycles. The first kappa shape index (κ1) is 30.0. The Hall–Kier alpha value is -4.02. The molecule has 4 heterocycles. The van der Waals surface area contributed by atoms with E-state index in [1.165, 1.54) is 37.7 Å². The van der Waals surface area contributed by atoms with E-state index in [9.17, 15) is 24.0 Å². The quantitative estimate of drug-likeness (QED) is 0.308. The van der Waals surface area contributed by atoms with Crippen LogP contribution in [0.2, 0.25) is 0 Å². The molecule has 234 valence electrons. The first-order chi connectivity index (χ1) is 21.4. The number of carbonyl (C=O) groups is 5. The summed E-state index contributed by atoms with van der Waals surface area (Å²) in [5, 5.41) is 10.2. The Morgan fingerprint density at radius 2 is 1.73 bits per heavy atom. The Morgan fingerprint density at radius 3 is 2.50 bits per heavy atom. The molecule has 2 aromatic rings. The number of amides is 5. The minimum absolute atomic E-state index is 0.0854. The second kappa shape index (κ2) is 13.3. The average Bonchev–Trinajstić information content (AvgIpc) is 3.63. The summed E-state index contributed by atoms with van der Waals surface area (Å²) in [6.45, 7) is 2.12. The van der Waals surface area contributed by atoms with E-state index in [4.69, 9.17) is 0 Å². The van der Waals surface area contributed by atoms with E-state index in [2.05, 4.69) is 32.8 Å². The van der Waals surface area contributed by atoms with Crippen LogP contribution in [0, 0.1) is 0 Å². The first-order valence-electron chi connectivity index (χ1n) is 16.3. The third-order valence-corrected chi connectivity index (χ3v) is 9.74. The summed E-state index contributed by atoms with van der Waals surface area (Å²) in [4.78, 5) is 66.0. The van der Waals surface area contributed by atoms with E-state index in [1.54, 1.807) is 18.2 Å². The minimum Gasteiger partial charge on any atom is -0.384 e. The van der Waals surface area contributed by atoms with E-state index in [-0.39, 0.29) is 29.9 Å². The molecule has 1 unspecified atom stereocenters. The lowest BCUT2D eigenvalue weighted by Crippen LogP contribution is -2.54. The fraction of sp³-hybridized carbons (Fsp3) is 0.576.